The van der Waals surface area contributed by atoms with E-state index in [4.69, 9.17) is 9.47 Å². The molecule has 3 aromatic rings. The highest BCUT2D eigenvalue weighted by atomic mass is 16.5. The van der Waals surface area contributed by atoms with E-state index in [0.717, 1.165) is 6.42 Å². The monoisotopic (exact) mass is 424 g/mol. The molecule has 3 aromatic heterocycles. The molecule has 0 aliphatic carbocycles. The Morgan fingerprint density at radius 3 is 2.94 bits per heavy atom. The van der Waals surface area contributed by atoms with Gasteiger partial charge in [0.2, 0.25) is 0 Å². The van der Waals surface area contributed by atoms with E-state index in [0.29, 0.717) is 36.3 Å². The van der Waals surface area contributed by atoms with E-state index in [9.17, 15) is 9.59 Å². The molecular formula is C21H24N6O4. The highest BCUT2D eigenvalue weighted by Gasteiger charge is 2.20. The van der Waals surface area contributed by atoms with Gasteiger partial charge in [-0.15, -0.1) is 10.2 Å². The van der Waals surface area contributed by atoms with E-state index in [1.54, 1.807) is 37.8 Å². The van der Waals surface area contributed by atoms with Crippen molar-refractivity contribution in [2.75, 3.05) is 18.5 Å². The van der Waals surface area contributed by atoms with Crippen LogP contribution in [-0.2, 0) is 11.8 Å². The summed E-state index contributed by atoms with van der Waals surface area (Å²) in [7, 11) is 1.58. The molecule has 0 aromatic carbocycles. The van der Waals surface area contributed by atoms with E-state index >= 15 is 0 Å². The van der Waals surface area contributed by atoms with Crippen LogP contribution in [-0.4, -0.2) is 49.5 Å². The van der Waals surface area contributed by atoms with Crippen molar-refractivity contribution < 1.29 is 14.3 Å². The molecule has 1 saturated heterocycles. The molecule has 1 amide bonds. The number of aromatic nitrogens is 5. The summed E-state index contributed by atoms with van der Waals surface area (Å²) in [4.78, 5) is 29.9. The highest BCUT2D eigenvalue weighted by Crippen LogP contribution is 2.21. The lowest BCUT2D eigenvalue weighted by Gasteiger charge is -2.14. The molecule has 1 atom stereocenters. The topological polar surface area (TPSA) is 113 Å². The van der Waals surface area contributed by atoms with Crippen LogP contribution in [0.2, 0.25) is 0 Å². The van der Waals surface area contributed by atoms with Gasteiger partial charge in [-0.2, -0.15) is 0 Å². The Morgan fingerprint density at radius 1 is 1.35 bits per heavy atom. The van der Waals surface area contributed by atoms with Crippen molar-refractivity contribution in [3.63, 3.8) is 0 Å². The molecule has 31 heavy (non-hydrogen) atoms. The standard InChI is InChI=1S/C21H24N6O4/c1-13(2)27-12-22-25-19(27)17-5-4-6-18(23-17)24-20(28)16-9-15(10-26(3)21(16)29)31-14-7-8-30-11-14/h4-6,9-10,12-14H,7-8,11H2,1-3H3,(H,23,24,28). The number of nitrogens with one attached hydrogen (secondary N) is 1. The predicted octanol–water partition coefficient (Wildman–Crippen LogP) is 2.04. The molecule has 4 heterocycles. The van der Waals surface area contributed by atoms with Gasteiger partial charge in [-0.25, -0.2) is 4.98 Å². The number of hydrogen-bond donors (Lipinski definition) is 1. The lowest BCUT2D eigenvalue weighted by atomic mass is 10.2. The average molecular weight is 424 g/mol. The van der Waals surface area contributed by atoms with Gasteiger partial charge in [-0.1, -0.05) is 6.07 Å². The first-order valence-corrected chi connectivity index (χ1v) is 10.1. The van der Waals surface area contributed by atoms with Gasteiger partial charge in [0, 0.05) is 31.8 Å². The third-order valence-electron chi connectivity index (χ3n) is 4.94. The van der Waals surface area contributed by atoms with Crippen molar-refractivity contribution in [2.24, 2.45) is 7.05 Å². The van der Waals surface area contributed by atoms with Crippen LogP contribution in [0.4, 0.5) is 5.82 Å². The Labute approximate surface area is 178 Å². The average Bonchev–Trinajstić information content (AvgIpc) is 3.42. The molecule has 10 nitrogen and oxygen atoms in total. The van der Waals surface area contributed by atoms with E-state index in [2.05, 4.69) is 20.5 Å². The largest absolute Gasteiger partial charge is 0.486 e. The number of carbonyl (C=O) groups excluding carboxylic acids is 1. The Kier molecular flexibility index (Phi) is 5.81. The van der Waals surface area contributed by atoms with Gasteiger partial charge >= 0.3 is 0 Å². The van der Waals surface area contributed by atoms with Gasteiger partial charge in [-0.3, -0.25) is 9.59 Å². The van der Waals surface area contributed by atoms with Crippen molar-refractivity contribution in [2.45, 2.75) is 32.4 Å². The Bertz CT molecular complexity index is 1150. The smallest absolute Gasteiger partial charge is 0.263 e. The maximum Gasteiger partial charge on any atom is 0.263 e. The summed E-state index contributed by atoms with van der Waals surface area (Å²) in [6.07, 6.45) is 3.87. The third-order valence-corrected chi connectivity index (χ3v) is 4.94. The molecule has 1 N–H and O–H groups in total. The lowest BCUT2D eigenvalue weighted by molar-refractivity contribution is 0.102. The van der Waals surface area contributed by atoms with Gasteiger partial charge in [-0.05, 0) is 26.0 Å². The maximum absolute atomic E-state index is 12.9. The molecule has 1 aliphatic rings. The molecule has 1 unspecified atom stereocenters. The van der Waals surface area contributed by atoms with Crippen LogP contribution in [0.25, 0.3) is 11.5 Å². The van der Waals surface area contributed by atoms with Gasteiger partial charge in [0.25, 0.3) is 11.5 Å². The summed E-state index contributed by atoms with van der Waals surface area (Å²) in [6.45, 7) is 5.15. The van der Waals surface area contributed by atoms with Crippen LogP contribution in [0, 0.1) is 0 Å². The number of amides is 1. The molecule has 1 fully saturated rings. The third kappa shape index (κ3) is 4.48. The fourth-order valence-electron chi connectivity index (χ4n) is 3.32. The molecular weight excluding hydrogens is 400 g/mol. The maximum atomic E-state index is 12.9. The van der Waals surface area contributed by atoms with E-state index < -0.39 is 11.5 Å². The van der Waals surface area contributed by atoms with Gasteiger partial charge in [0.1, 0.15) is 35.3 Å². The molecule has 4 rings (SSSR count). The number of anilines is 1. The van der Waals surface area contributed by atoms with Gasteiger partial charge < -0.3 is 23.9 Å². The predicted molar refractivity (Wildman–Crippen MR) is 113 cm³/mol. The second-order valence-electron chi connectivity index (χ2n) is 7.63. The minimum Gasteiger partial charge on any atom is -0.486 e. The second kappa shape index (κ2) is 8.68. The Hall–Kier alpha value is -3.53. The quantitative estimate of drug-likeness (QED) is 0.644. The minimum absolute atomic E-state index is 0.0311. The van der Waals surface area contributed by atoms with Crippen LogP contribution in [0.15, 0.2) is 41.6 Å². The molecule has 0 saturated carbocycles. The fraction of sp³-hybridized carbons (Fsp3) is 0.381. The lowest BCUT2D eigenvalue weighted by Crippen LogP contribution is -2.28. The van der Waals surface area contributed by atoms with Crippen LogP contribution in [0.5, 0.6) is 5.75 Å². The van der Waals surface area contributed by atoms with Crippen LogP contribution in [0.1, 0.15) is 36.7 Å². The molecule has 162 valence electrons. The zero-order valence-corrected chi connectivity index (χ0v) is 17.6. The van der Waals surface area contributed by atoms with Crippen LogP contribution < -0.4 is 15.6 Å². The van der Waals surface area contributed by atoms with E-state index in [-0.39, 0.29) is 17.7 Å². The summed E-state index contributed by atoms with van der Waals surface area (Å²) in [5.41, 5.74) is 0.106. The first-order chi connectivity index (χ1) is 14.9. The van der Waals surface area contributed by atoms with Crippen molar-refractivity contribution in [1.29, 1.82) is 0 Å². The number of pyridine rings is 2. The first-order valence-electron chi connectivity index (χ1n) is 10.1. The van der Waals surface area contributed by atoms with Gasteiger partial charge in [0.05, 0.1) is 13.2 Å². The molecule has 0 bridgehead atoms. The number of rotatable bonds is 6. The summed E-state index contributed by atoms with van der Waals surface area (Å²) >= 11 is 0. The Balaban J connectivity index is 1.58. The SMILES string of the molecule is CC(C)n1cnnc1-c1cccc(NC(=O)c2cc(OC3CCOC3)cn(C)c2=O)n1. The van der Waals surface area contributed by atoms with Crippen LogP contribution >= 0.6 is 0 Å². The number of ether oxygens (including phenoxy) is 2. The number of nitrogens with zero attached hydrogens (tertiary/aromatic N) is 5. The van der Waals surface area contributed by atoms with E-state index in [1.807, 2.05) is 18.4 Å². The summed E-state index contributed by atoms with van der Waals surface area (Å²) < 4.78 is 14.4. The fourth-order valence-corrected chi connectivity index (χ4v) is 3.32. The zero-order valence-electron chi connectivity index (χ0n) is 17.6. The molecule has 0 radical (unpaired) electrons. The van der Waals surface area contributed by atoms with Gasteiger partial charge in [0.15, 0.2) is 5.82 Å². The highest BCUT2D eigenvalue weighted by molar-refractivity contribution is 6.03. The number of aryl methyl sites for hydroxylation is 1. The molecule has 0 spiro atoms. The normalized spacial score (nSPS) is 15.9. The summed E-state index contributed by atoms with van der Waals surface area (Å²) in [5, 5.41) is 10.8. The first kappa shape index (κ1) is 20.7. The molecule has 10 heteroatoms. The summed E-state index contributed by atoms with van der Waals surface area (Å²) in [5.74, 6) is 0.771. The second-order valence-corrected chi connectivity index (χ2v) is 7.63. The van der Waals surface area contributed by atoms with Crippen molar-refractivity contribution in [3.05, 3.63) is 52.7 Å². The van der Waals surface area contributed by atoms with Crippen molar-refractivity contribution in [3.8, 4) is 17.3 Å². The molecule has 1 aliphatic heterocycles. The Morgan fingerprint density at radius 2 is 2.19 bits per heavy atom. The zero-order chi connectivity index (χ0) is 22.0. The van der Waals surface area contributed by atoms with Crippen molar-refractivity contribution in [1.82, 2.24) is 24.3 Å². The summed E-state index contributed by atoms with van der Waals surface area (Å²) in [6, 6.07) is 6.80. The van der Waals surface area contributed by atoms with Crippen molar-refractivity contribution >= 4 is 11.7 Å². The minimum atomic E-state index is -0.566. The van der Waals surface area contributed by atoms with E-state index in [1.165, 1.54) is 10.6 Å². The van der Waals surface area contributed by atoms with Crippen LogP contribution in [0.3, 0.4) is 0 Å². The number of carbonyl (C=O) groups is 1. The number of hydrogen-bond acceptors (Lipinski definition) is 7.